The fraction of sp³-hybridized carbons (Fsp3) is 0.667. The van der Waals surface area contributed by atoms with Crippen molar-refractivity contribution in [1.29, 1.82) is 0 Å². The Morgan fingerprint density at radius 2 is 1.90 bits per heavy atom. The fourth-order valence-corrected chi connectivity index (χ4v) is 1.96. The van der Waals surface area contributed by atoms with Crippen molar-refractivity contribution in [2.45, 2.75) is 32.3 Å². The van der Waals surface area contributed by atoms with E-state index >= 15 is 0 Å². The Balaban J connectivity index is 3.09. The SMILES string of the molecule is CCNc1nc(SC)nc(NCCC(C)C)c1[N+](=O)[O-]. The maximum absolute atomic E-state index is 11.3. The number of rotatable bonds is 8. The van der Waals surface area contributed by atoms with Crippen molar-refractivity contribution in [1.82, 2.24) is 9.97 Å². The van der Waals surface area contributed by atoms with E-state index in [1.54, 1.807) is 0 Å². The summed E-state index contributed by atoms with van der Waals surface area (Å²) >= 11 is 1.36. The molecule has 0 aliphatic rings. The summed E-state index contributed by atoms with van der Waals surface area (Å²) in [5, 5.41) is 17.7. The van der Waals surface area contributed by atoms with Gasteiger partial charge in [0.15, 0.2) is 5.16 Å². The standard InChI is InChI=1S/C12H21N5O2S/c1-5-13-10-9(17(18)19)11(14-7-6-8(2)3)16-12(15-10)20-4/h8H,5-7H2,1-4H3,(H2,13,14,15,16). The van der Waals surface area contributed by atoms with Gasteiger partial charge in [-0.15, -0.1) is 0 Å². The highest BCUT2D eigenvalue weighted by atomic mass is 32.2. The third-order valence-corrected chi connectivity index (χ3v) is 3.13. The zero-order valence-corrected chi connectivity index (χ0v) is 13.1. The number of nitrogens with zero attached hydrogens (tertiary/aromatic N) is 3. The molecule has 0 saturated heterocycles. The molecule has 1 aromatic heterocycles. The molecular weight excluding hydrogens is 278 g/mol. The van der Waals surface area contributed by atoms with E-state index in [2.05, 4.69) is 34.4 Å². The van der Waals surface area contributed by atoms with E-state index < -0.39 is 4.92 Å². The average molecular weight is 299 g/mol. The lowest BCUT2D eigenvalue weighted by atomic mass is 10.1. The van der Waals surface area contributed by atoms with Crippen LogP contribution in [0.1, 0.15) is 27.2 Å². The Morgan fingerprint density at radius 3 is 2.35 bits per heavy atom. The van der Waals surface area contributed by atoms with Gasteiger partial charge in [0, 0.05) is 13.1 Å². The van der Waals surface area contributed by atoms with E-state index in [1.165, 1.54) is 11.8 Å². The van der Waals surface area contributed by atoms with Crippen LogP contribution >= 0.6 is 11.8 Å². The number of nitrogens with one attached hydrogen (secondary N) is 2. The molecule has 1 rings (SSSR count). The number of hydrogen-bond donors (Lipinski definition) is 2. The molecule has 0 unspecified atom stereocenters. The van der Waals surface area contributed by atoms with E-state index in [0.29, 0.717) is 24.2 Å². The molecule has 0 radical (unpaired) electrons. The van der Waals surface area contributed by atoms with E-state index in [4.69, 9.17) is 0 Å². The molecule has 2 N–H and O–H groups in total. The lowest BCUT2D eigenvalue weighted by Gasteiger charge is -2.11. The minimum atomic E-state index is -0.445. The topological polar surface area (TPSA) is 93.0 Å². The molecule has 0 saturated carbocycles. The van der Waals surface area contributed by atoms with E-state index in [1.807, 2.05) is 13.2 Å². The van der Waals surface area contributed by atoms with Gasteiger partial charge in [-0.3, -0.25) is 10.1 Å². The average Bonchev–Trinajstić information content (AvgIpc) is 2.37. The third-order valence-electron chi connectivity index (χ3n) is 2.59. The molecule has 0 spiro atoms. The van der Waals surface area contributed by atoms with Crippen LogP contribution in [0.4, 0.5) is 17.3 Å². The second-order valence-electron chi connectivity index (χ2n) is 4.65. The predicted octanol–water partition coefficient (Wildman–Crippen LogP) is 3.00. The Morgan fingerprint density at radius 1 is 1.30 bits per heavy atom. The molecule has 7 nitrogen and oxygen atoms in total. The summed E-state index contributed by atoms with van der Waals surface area (Å²) in [6.07, 6.45) is 2.76. The van der Waals surface area contributed by atoms with Gasteiger partial charge < -0.3 is 10.6 Å². The van der Waals surface area contributed by atoms with Crippen LogP contribution in [0.15, 0.2) is 5.16 Å². The molecular formula is C12H21N5O2S. The first-order chi connectivity index (χ1) is 9.49. The van der Waals surface area contributed by atoms with Crippen LogP contribution in [-0.2, 0) is 0 Å². The second kappa shape index (κ2) is 7.88. The number of nitro groups is 1. The first-order valence-electron chi connectivity index (χ1n) is 6.57. The highest BCUT2D eigenvalue weighted by Gasteiger charge is 2.24. The first-order valence-corrected chi connectivity index (χ1v) is 7.80. The van der Waals surface area contributed by atoms with Gasteiger partial charge in [0.1, 0.15) is 0 Å². The third kappa shape index (κ3) is 4.52. The van der Waals surface area contributed by atoms with Crippen LogP contribution in [0.2, 0.25) is 0 Å². The zero-order chi connectivity index (χ0) is 15.1. The molecule has 8 heteroatoms. The number of hydrogen-bond acceptors (Lipinski definition) is 7. The monoisotopic (exact) mass is 299 g/mol. The summed E-state index contributed by atoms with van der Waals surface area (Å²) in [6, 6.07) is 0. The van der Waals surface area contributed by atoms with Crippen molar-refractivity contribution in [2.24, 2.45) is 5.92 Å². The van der Waals surface area contributed by atoms with Gasteiger partial charge in [0.25, 0.3) is 0 Å². The molecule has 0 aromatic carbocycles. The van der Waals surface area contributed by atoms with Crippen LogP contribution in [0.3, 0.4) is 0 Å². The van der Waals surface area contributed by atoms with Crippen LogP contribution in [-0.4, -0.2) is 34.2 Å². The van der Waals surface area contributed by atoms with E-state index in [-0.39, 0.29) is 17.3 Å². The van der Waals surface area contributed by atoms with Gasteiger partial charge in [0.2, 0.25) is 11.6 Å². The highest BCUT2D eigenvalue weighted by Crippen LogP contribution is 2.31. The summed E-state index contributed by atoms with van der Waals surface area (Å²) in [6.45, 7) is 7.30. The van der Waals surface area contributed by atoms with E-state index in [9.17, 15) is 10.1 Å². The van der Waals surface area contributed by atoms with Crippen LogP contribution < -0.4 is 10.6 Å². The molecule has 0 bridgehead atoms. The van der Waals surface area contributed by atoms with Crippen molar-refractivity contribution in [3.63, 3.8) is 0 Å². The molecule has 0 fully saturated rings. The number of thioether (sulfide) groups is 1. The maximum Gasteiger partial charge on any atom is 0.353 e. The first kappa shape index (κ1) is 16.5. The van der Waals surface area contributed by atoms with Crippen LogP contribution in [0.5, 0.6) is 0 Å². The quantitative estimate of drug-likeness (QED) is 0.330. The van der Waals surface area contributed by atoms with Crippen LogP contribution in [0, 0.1) is 16.0 Å². The van der Waals surface area contributed by atoms with Crippen LogP contribution in [0.25, 0.3) is 0 Å². The summed E-state index contributed by atoms with van der Waals surface area (Å²) in [7, 11) is 0. The van der Waals surface area contributed by atoms with Crippen molar-refractivity contribution in [2.75, 3.05) is 30.0 Å². The van der Waals surface area contributed by atoms with Gasteiger partial charge in [-0.25, -0.2) is 0 Å². The Bertz CT molecular complexity index is 467. The van der Waals surface area contributed by atoms with E-state index in [0.717, 1.165) is 6.42 Å². The van der Waals surface area contributed by atoms with Crippen molar-refractivity contribution in [3.8, 4) is 0 Å². The maximum atomic E-state index is 11.3. The van der Waals surface area contributed by atoms with Crippen molar-refractivity contribution >= 4 is 29.1 Å². The second-order valence-corrected chi connectivity index (χ2v) is 5.43. The molecule has 1 heterocycles. The molecule has 0 aliphatic carbocycles. The smallest absolute Gasteiger partial charge is 0.353 e. The highest BCUT2D eigenvalue weighted by molar-refractivity contribution is 7.98. The normalized spacial score (nSPS) is 10.7. The molecule has 20 heavy (non-hydrogen) atoms. The molecule has 0 aliphatic heterocycles. The molecule has 0 atom stereocenters. The number of aromatic nitrogens is 2. The minimum Gasteiger partial charge on any atom is -0.364 e. The van der Waals surface area contributed by atoms with Gasteiger partial charge in [-0.05, 0) is 25.5 Å². The van der Waals surface area contributed by atoms with Crippen molar-refractivity contribution in [3.05, 3.63) is 10.1 Å². The Hall–Kier alpha value is -1.57. The number of anilines is 2. The predicted molar refractivity (Wildman–Crippen MR) is 82.6 cm³/mol. The Labute approximate surface area is 123 Å². The van der Waals surface area contributed by atoms with Crippen molar-refractivity contribution < 1.29 is 4.92 Å². The molecule has 112 valence electrons. The van der Waals surface area contributed by atoms with Gasteiger partial charge >= 0.3 is 5.69 Å². The van der Waals surface area contributed by atoms with Gasteiger partial charge in [-0.1, -0.05) is 25.6 Å². The zero-order valence-electron chi connectivity index (χ0n) is 12.3. The van der Waals surface area contributed by atoms with Gasteiger partial charge in [0.05, 0.1) is 4.92 Å². The Kier molecular flexibility index (Phi) is 6.50. The summed E-state index contributed by atoms with van der Waals surface area (Å²) in [4.78, 5) is 19.2. The summed E-state index contributed by atoms with van der Waals surface area (Å²) < 4.78 is 0. The molecule has 1 aromatic rings. The largest absolute Gasteiger partial charge is 0.364 e. The lowest BCUT2D eigenvalue weighted by Crippen LogP contribution is -2.12. The summed E-state index contributed by atoms with van der Waals surface area (Å²) in [5.41, 5.74) is -0.0894. The fourth-order valence-electron chi connectivity index (χ4n) is 1.59. The summed E-state index contributed by atoms with van der Waals surface area (Å²) in [5.74, 6) is 1.08. The molecule has 0 amide bonds. The lowest BCUT2D eigenvalue weighted by molar-refractivity contribution is -0.383. The minimum absolute atomic E-state index is 0.0894. The van der Waals surface area contributed by atoms with Gasteiger partial charge in [-0.2, -0.15) is 9.97 Å².